The molecule has 5 rings (SSSR count). The number of hydrogen-bond acceptors (Lipinski definition) is 3. The quantitative estimate of drug-likeness (QED) is 0.151. The molecular weight excluding hydrogens is 557 g/mol. The molecule has 0 radical (unpaired) electrons. The lowest BCUT2D eigenvalue weighted by Crippen LogP contribution is -2.17. The molecule has 4 aromatic carbocycles. The van der Waals surface area contributed by atoms with E-state index in [-0.39, 0.29) is 18.3 Å². The molecule has 0 aliphatic heterocycles. The van der Waals surface area contributed by atoms with E-state index in [2.05, 4.69) is 62.2 Å². The molecule has 1 amide bonds. The second-order valence-electron chi connectivity index (χ2n) is 8.87. The summed E-state index contributed by atoms with van der Waals surface area (Å²) in [4.78, 5) is 12.8. The summed E-state index contributed by atoms with van der Waals surface area (Å²) in [5.74, 6) is -0.152. The van der Waals surface area contributed by atoms with Crippen LogP contribution in [0.5, 0.6) is 5.75 Å². The molecule has 0 aliphatic rings. The van der Waals surface area contributed by atoms with Crippen molar-refractivity contribution in [1.29, 1.82) is 0 Å². The molecule has 0 aliphatic carbocycles. The van der Waals surface area contributed by atoms with Crippen LogP contribution in [0.15, 0.2) is 119 Å². The van der Waals surface area contributed by atoms with Crippen LogP contribution < -0.4 is 10.2 Å². The second kappa shape index (κ2) is 11.9. The van der Waals surface area contributed by atoms with E-state index in [1.54, 1.807) is 36.4 Å². The summed E-state index contributed by atoms with van der Waals surface area (Å²) < 4.78 is 22.8. The highest BCUT2D eigenvalue weighted by atomic mass is 79.9. The van der Waals surface area contributed by atoms with Crippen LogP contribution in [-0.2, 0) is 6.61 Å². The second-order valence-corrected chi connectivity index (χ2v) is 9.79. The number of ether oxygens (including phenoxy) is 1. The number of benzene rings is 4. The minimum atomic E-state index is -0.339. The van der Waals surface area contributed by atoms with E-state index in [1.807, 2.05) is 42.5 Å². The van der Waals surface area contributed by atoms with Crippen molar-refractivity contribution >= 4 is 28.1 Å². The molecular formula is C32H25BrFN3O2. The lowest BCUT2D eigenvalue weighted by Gasteiger charge is -2.13. The van der Waals surface area contributed by atoms with Gasteiger partial charge in [0.15, 0.2) is 0 Å². The van der Waals surface area contributed by atoms with Crippen molar-refractivity contribution in [1.82, 2.24) is 9.99 Å². The third kappa shape index (κ3) is 6.16. The molecule has 0 saturated carbocycles. The van der Waals surface area contributed by atoms with Crippen molar-refractivity contribution in [3.63, 3.8) is 0 Å². The molecule has 0 unspecified atom stereocenters. The molecule has 1 N–H and O–H groups in total. The van der Waals surface area contributed by atoms with E-state index in [1.165, 1.54) is 12.3 Å². The monoisotopic (exact) mass is 581 g/mol. The molecule has 7 heteroatoms. The van der Waals surface area contributed by atoms with Gasteiger partial charge in [0.2, 0.25) is 0 Å². The van der Waals surface area contributed by atoms with Gasteiger partial charge in [-0.1, -0.05) is 64.5 Å². The summed E-state index contributed by atoms with van der Waals surface area (Å²) in [6.07, 6.45) is 1.50. The van der Waals surface area contributed by atoms with Crippen molar-refractivity contribution in [2.45, 2.75) is 13.5 Å². The first kappa shape index (κ1) is 26.1. The van der Waals surface area contributed by atoms with Gasteiger partial charge in [-0.05, 0) is 73.2 Å². The summed E-state index contributed by atoms with van der Waals surface area (Å²) in [6, 6.07) is 33.6. The molecule has 5 aromatic rings. The molecule has 0 bridgehead atoms. The number of aromatic nitrogens is 1. The van der Waals surface area contributed by atoms with Crippen molar-refractivity contribution < 1.29 is 13.9 Å². The predicted octanol–water partition coefficient (Wildman–Crippen LogP) is 7.70. The fourth-order valence-corrected chi connectivity index (χ4v) is 4.60. The van der Waals surface area contributed by atoms with Gasteiger partial charge in [-0.15, -0.1) is 0 Å². The zero-order valence-corrected chi connectivity index (χ0v) is 22.7. The average molecular weight is 582 g/mol. The number of amides is 1. The van der Waals surface area contributed by atoms with E-state index < -0.39 is 0 Å². The van der Waals surface area contributed by atoms with Crippen LogP contribution >= 0.6 is 15.9 Å². The van der Waals surface area contributed by atoms with Gasteiger partial charge in [-0.2, -0.15) is 5.10 Å². The molecule has 0 fully saturated rings. The summed E-state index contributed by atoms with van der Waals surface area (Å²) in [7, 11) is 0. The molecule has 1 aromatic heterocycles. The van der Waals surface area contributed by atoms with Crippen molar-refractivity contribution in [2.24, 2.45) is 5.10 Å². The maximum Gasteiger partial charge on any atom is 0.271 e. The van der Waals surface area contributed by atoms with E-state index >= 15 is 0 Å². The Bertz CT molecular complexity index is 1630. The van der Waals surface area contributed by atoms with Gasteiger partial charge in [0.1, 0.15) is 18.2 Å². The zero-order chi connectivity index (χ0) is 27.2. The molecule has 0 atom stereocenters. The van der Waals surface area contributed by atoms with Gasteiger partial charge in [-0.25, -0.2) is 9.82 Å². The van der Waals surface area contributed by atoms with E-state index in [0.717, 1.165) is 27.1 Å². The molecule has 0 saturated heterocycles. The van der Waals surface area contributed by atoms with Crippen LogP contribution in [0.3, 0.4) is 0 Å². The van der Waals surface area contributed by atoms with Gasteiger partial charge >= 0.3 is 0 Å². The zero-order valence-electron chi connectivity index (χ0n) is 21.1. The van der Waals surface area contributed by atoms with Crippen LogP contribution in [-0.4, -0.2) is 16.7 Å². The van der Waals surface area contributed by atoms with Crippen LogP contribution in [0.1, 0.15) is 27.2 Å². The molecule has 39 heavy (non-hydrogen) atoms. The largest absolute Gasteiger partial charge is 0.488 e. The smallest absolute Gasteiger partial charge is 0.271 e. The normalized spacial score (nSPS) is 11.1. The number of rotatable bonds is 8. The van der Waals surface area contributed by atoms with Crippen LogP contribution in [0.25, 0.3) is 16.9 Å². The van der Waals surface area contributed by atoms with Crippen molar-refractivity contribution in [3.8, 4) is 22.7 Å². The molecule has 1 heterocycles. The number of nitrogens with one attached hydrogen (secondary N) is 1. The lowest BCUT2D eigenvalue weighted by atomic mass is 10.1. The topological polar surface area (TPSA) is 55.6 Å². The van der Waals surface area contributed by atoms with Gasteiger partial charge in [-0.3, -0.25) is 4.79 Å². The Morgan fingerprint density at radius 2 is 1.69 bits per heavy atom. The highest BCUT2D eigenvalue weighted by molar-refractivity contribution is 9.10. The Hall–Kier alpha value is -4.49. The highest BCUT2D eigenvalue weighted by Gasteiger charge is 2.11. The molecule has 5 nitrogen and oxygen atoms in total. The standard InChI is InChI=1S/C32H25BrFN3O2/c1-22-11-17-30(23-7-3-2-4-8-23)37(22)28-15-12-24(13-16-28)32(38)36-35-20-26-19-27(33)14-18-31(26)39-21-25-9-5-6-10-29(25)34/h2-20H,21H2,1H3,(H,36,38)/b35-20+. The number of carbonyl (C=O) groups excluding carboxylic acids is 1. The lowest BCUT2D eigenvalue weighted by molar-refractivity contribution is 0.0955. The molecule has 194 valence electrons. The fourth-order valence-electron chi connectivity index (χ4n) is 4.23. The summed E-state index contributed by atoms with van der Waals surface area (Å²) in [6.45, 7) is 2.12. The Kier molecular flexibility index (Phi) is 7.99. The Morgan fingerprint density at radius 1 is 0.949 bits per heavy atom. The third-order valence-electron chi connectivity index (χ3n) is 6.22. The number of nitrogens with zero attached hydrogens (tertiary/aromatic N) is 2. The predicted molar refractivity (Wildman–Crippen MR) is 156 cm³/mol. The Balaban J connectivity index is 1.28. The number of hydrogen-bond donors (Lipinski definition) is 1. The average Bonchev–Trinajstić information content (AvgIpc) is 3.35. The molecule has 0 spiro atoms. The summed E-state index contributed by atoms with van der Waals surface area (Å²) >= 11 is 3.44. The van der Waals surface area contributed by atoms with Crippen LogP contribution in [0.2, 0.25) is 0 Å². The maximum atomic E-state index is 14.0. The van der Waals surface area contributed by atoms with E-state index in [9.17, 15) is 9.18 Å². The first-order valence-electron chi connectivity index (χ1n) is 12.3. The number of hydrazone groups is 1. The van der Waals surface area contributed by atoms with Gasteiger partial charge in [0, 0.05) is 32.5 Å². The third-order valence-corrected chi connectivity index (χ3v) is 6.71. The SMILES string of the molecule is Cc1ccc(-c2ccccc2)n1-c1ccc(C(=O)N/N=C/c2cc(Br)ccc2OCc2ccccc2F)cc1. The van der Waals surface area contributed by atoms with Gasteiger partial charge in [0.05, 0.1) is 11.9 Å². The summed E-state index contributed by atoms with van der Waals surface area (Å²) in [5.41, 5.74) is 8.39. The number of carbonyl (C=O) groups is 1. The van der Waals surface area contributed by atoms with Crippen molar-refractivity contribution in [3.05, 3.63) is 142 Å². The maximum absolute atomic E-state index is 14.0. The Labute approximate surface area is 234 Å². The van der Waals surface area contributed by atoms with E-state index in [0.29, 0.717) is 22.4 Å². The number of halogens is 2. The van der Waals surface area contributed by atoms with Gasteiger partial charge in [0.25, 0.3) is 5.91 Å². The minimum Gasteiger partial charge on any atom is -0.488 e. The number of aryl methyl sites for hydroxylation is 1. The highest BCUT2D eigenvalue weighted by Crippen LogP contribution is 2.27. The van der Waals surface area contributed by atoms with Crippen LogP contribution in [0, 0.1) is 12.7 Å². The Morgan fingerprint density at radius 3 is 2.46 bits per heavy atom. The van der Waals surface area contributed by atoms with Crippen molar-refractivity contribution in [2.75, 3.05) is 0 Å². The minimum absolute atomic E-state index is 0.0701. The van der Waals surface area contributed by atoms with E-state index in [4.69, 9.17) is 4.74 Å². The van der Waals surface area contributed by atoms with Crippen LogP contribution in [0.4, 0.5) is 4.39 Å². The summed E-state index contributed by atoms with van der Waals surface area (Å²) in [5, 5.41) is 4.13. The first-order valence-corrected chi connectivity index (χ1v) is 13.1. The fraction of sp³-hybridized carbons (Fsp3) is 0.0625. The first-order chi connectivity index (χ1) is 19.0. The van der Waals surface area contributed by atoms with Gasteiger partial charge < -0.3 is 9.30 Å².